The lowest BCUT2D eigenvalue weighted by Gasteiger charge is -1.93. The van der Waals surface area contributed by atoms with Crippen molar-refractivity contribution in [1.29, 1.82) is 0 Å². The minimum Gasteiger partial charge on any atom is -0.0683 e. The molecule has 0 fully saturated rings. The Morgan fingerprint density at radius 2 is 0.609 bits per heavy atom. The quantitative estimate of drug-likeness (QED) is 0.461. The Hall–Kier alpha value is -1.56. The Labute approximate surface area is 147 Å². The summed E-state index contributed by atoms with van der Waals surface area (Å²) in [6.45, 7) is 20.7. The molecule has 0 amide bonds. The molecule has 2 aromatic rings. The number of hydrogen-bond acceptors (Lipinski definition) is 0. The molecule has 0 aliphatic carbocycles. The molecule has 0 bridgehead atoms. The standard InChI is InChI=1S/2C8H10.C3H8.2C2H6/c2*1-7-5-3-4-6-8(7)2;1-3-2;2*1-2/h2*3-6H,1-2H3;3H2,1-2H3;2*1-2H3. The molecule has 0 heteroatoms. The molecule has 0 unspecified atom stereocenters. The minimum absolute atomic E-state index is 1.25. The second-order valence-electron chi connectivity index (χ2n) is 4.88. The number of rotatable bonds is 0. The maximum absolute atomic E-state index is 2.12. The third kappa shape index (κ3) is 16.6. The molecule has 0 aliphatic rings. The van der Waals surface area contributed by atoms with Gasteiger partial charge in [-0.2, -0.15) is 0 Å². The van der Waals surface area contributed by atoms with E-state index in [1.807, 2.05) is 27.7 Å². The molecule has 0 radical (unpaired) electrons. The summed E-state index contributed by atoms with van der Waals surface area (Å²) in [6.07, 6.45) is 1.25. The van der Waals surface area contributed by atoms with Gasteiger partial charge in [0.1, 0.15) is 0 Å². The van der Waals surface area contributed by atoms with Crippen molar-refractivity contribution in [3.8, 4) is 0 Å². The van der Waals surface area contributed by atoms with Crippen LogP contribution in [0.1, 0.15) is 70.2 Å². The molecule has 0 saturated carbocycles. The summed E-state index contributed by atoms with van der Waals surface area (Å²) in [5.41, 5.74) is 5.47. The zero-order valence-electron chi connectivity index (χ0n) is 17.3. The van der Waals surface area contributed by atoms with Crippen molar-refractivity contribution < 1.29 is 0 Å². The third-order valence-corrected chi connectivity index (χ3v) is 2.85. The van der Waals surface area contributed by atoms with Crippen molar-refractivity contribution >= 4 is 0 Å². The van der Waals surface area contributed by atoms with Crippen LogP contribution in [-0.2, 0) is 0 Å². The van der Waals surface area contributed by atoms with Gasteiger partial charge < -0.3 is 0 Å². The Morgan fingerprint density at radius 1 is 0.478 bits per heavy atom. The van der Waals surface area contributed by atoms with E-state index in [9.17, 15) is 0 Å². The van der Waals surface area contributed by atoms with Gasteiger partial charge in [0, 0.05) is 0 Å². The molecule has 0 atom stereocenters. The Bertz CT molecular complexity index is 370. The molecule has 0 aromatic heterocycles. The van der Waals surface area contributed by atoms with E-state index >= 15 is 0 Å². The topological polar surface area (TPSA) is 0 Å². The Kier molecular flexibility index (Phi) is 23.4. The van der Waals surface area contributed by atoms with Gasteiger partial charge in [-0.15, -0.1) is 0 Å². The fourth-order valence-corrected chi connectivity index (χ4v) is 1.33. The third-order valence-electron chi connectivity index (χ3n) is 2.85. The first-order valence-corrected chi connectivity index (χ1v) is 9.07. The second kappa shape index (κ2) is 20.4. The van der Waals surface area contributed by atoms with E-state index in [4.69, 9.17) is 0 Å². The second-order valence-corrected chi connectivity index (χ2v) is 4.88. The zero-order valence-corrected chi connectivity index (χ0v) is 17.3. The van der Waals surface area contributed by atoms with E-state index < -0.39 is 0 Å². The molecule has 0 heterocycles. The molecule has 0 spiro atoms. The van der Waals surface area contributed by atoms with E-state index in [1.54, 1.807) is 0 Å². The van der Waals surface area contributed by atoms with Gasteiger partial charge in [0.15, 0.2) is 0 Å². The van der Waals surface area contributed by atoms with Crippen molar-refractivity contribution in [2.75, 3.05) is 0 Å². The average molecular weight is 317 g/mol. The predicted molar refractivity (Wildman–Crippen MR) is 110 cm³/mol. The highest BCUT2D eigenvalue weighted by Crippen LogP contribution is 2.03. The van der Waals surface area contributed by atoms with Crippen molar-refractivity contribution in [3.05, 3.63) is 70.8 Å². The summed E-state index contributed by atoms with van der Waals surface area (Å²) < 4.78 is 0. The summed E-state index contributed by atoms with van der Waals surface area (Å²) in [5.74, 6) is 0. The Balaban J connectivity index is -0.000000252. The van der Waals surface area contributed by atoms with Crippen molar-refractivity contribution in [2.24, 2.45) is 0 Å². The van der Waals surface area contributed by atoms with Crippen molar-refractivity contribution in [2.45, 2.75) is 75.7 Å². The monoisotopic (exact) mass is 316 g/mol. The lowest BCUT2D eigenvalue weighted by atomic mass is 10.1. The summed E-state index contributed by atoms with van der Waals surface area (Å²) >= 11 is 0. The largest absolute Gasteiger partial charge is 0.0683 e. The van der Waals surface area contributed by atoms with E-state index in [0.29, 0.717) is 0 Å². The van der Waals surface area contributed by atoms with E-state index in [1.165, 1.54) is 28.7 Å². The van der Waals surface area contributed by atoms with E-state index in [-0.39, 0.29) is 0 Å². The van der Waals surface area contributed by atoms with Gasteiger partial charge in [0.25, 0.3) is 0 Å². The van der Waals surface area contributed by atoms with Crippen LogP contribution >= 0.6 is 0 Å². The maximum Gasteiger partial charge on any atom is -0.0395 e. The minimum atomic E-state index is 1.25. The number of hydrogen-bond donors (Lipinski definition) is 0. The molecule has 2 rings (SSSR count). The highest BCUT2D eigenvalue weighted by atomic mass is 13.9. The first-order valence-electron chi connectivity index (χ1n) is 9.07. The van der Waals surface area contributed by atoms with Crippen LogP contribution in [0.25, 0.3) is 0 Å². The van der Waals surface area contributed by atoms with Crippen LogP contribution in [0.5, 0.6) is 0 Å². The van der Waals surface area contributed by atoms with Crippen LogP contribution in [0.2, 0.25) is 0 Å². The smallest absolute Gasteiger partial charge is 0.0395 e. The molecule has 23 heavy (non-hydrogen) atoms. The van der Waals surface area contributed by atoms with Gasteiger partial charge >= 0.3 is 0 Å². The fourth-order valence-electron chi connectivity index (χ4n) is 1.33. The molecular weight excluding hydrogens is 276 g/mol. The molecule has 132 valence electrons. The van der Waals surface area contributed by atoms with Crippen molar-refractivity contribution in [3.63, 3.8) is 0 Å². The lowest BCUT2D eigenvalue weighted by Crippen LogP contribution is -1.74. The Morgan fingerprint density at radius 3 is 0.696 bits per heavy atom. The number of aryl methyl sites for hydroxylation is 4. The average Bonchev–Trinajstić information content (AvgIpc) is 2.58. The molecular formula is C23H40. The van der Waals surface area contributed by atoms with Gasteiger partial charge in [-0.1, -0.05) is 96.5 Å². The van der Waals surface area contributed by atoms with Crippen LogP contribution in [0.3, 0.4) is 0 Å². The predicted octanol–water partition coefficient (Wildman–Crippen LogP) is 8.08. The molecule has 0 N–H and O–H groups in total. The van der Waals surface area contributed by atoms with E-state index in [0.717, 1.165) is 0 Å². The lowest BCUT2D eigenvalue weighted by molar-refractivity contribution is 1.09. The summed E-state index contributed by atoms with van der Waals surface area (Å²) in [7, 11) is 0. The first kappa shape index (κ1) is 26.3. The molecule has 2 aromatic carbocycles. The summed E-state index contributed by atoms with van der Waals surface area (Å²) in [5, 5.41) is 0. The number of benzene rings is 2. The van der Waals surface area contributed by atoms with Crippen LogP contribution in [-0.4, -0.2) is 0 Å². The van der Waals surface area contributed by atoms with Gasteiger partial charge in [0.05, 0.1) is 0 Å². The van der Waals surface area contributed by atoms with Crippen LogP contribution in [0.15, 0.2) is 48.5 Å². The summed E-state index contributed by atoms with van der Waals surface area (Å²) in [6, 6.07) is 16.7. The summed E-state index contributed by atoms with van der Waals surface area (Å²) in [4.78, 5) is 0. The highest BCUT2D eigenvalue weighted by Gasteiger charge is 1.84. The van der Waals surface area contributed by atoms with Gasteiger partial charge in [-0.25, -0.2) is 0 Å². The van der Waals surface area contributed by atoms with Gasteiger partial charge in [0.2, 0.25) is 0 Å². The molecule has 0 aliphatic heterocycles. The fraction of sp³-hybridized carbons (Fsp3) is 0.478. The van der Waals surface area contributed by atoms with Crippen LogP contribution in [0, 0.1) is 27.7 Å². The zero-order chi connectivity index (χ0) is 18.7. The van der Waals surface area contributed by atoms with Gasteiger partial charge in [-0.05, 0) is 49.9 Å². The van der Waals surface area contributed by atoms with Gasteiger partial charge in [-0.3, -0.25) is 0 Å². The molecule has 0 saturated heterocycles. The molecule has 0 nitrogen and oxygen atoms in total. The van der Waals surface area contributed by atoms with Crippen LogP contribution < -0.4 is 0 Å². The first-order chi connectivity index (χ1) is 11.0. The SMILES string of the molecule is CC.CC.CCC.Cc1ccccc1C.Cc1ccccc1C. The van der Waals surface area contributed by atoms with Crippen molar-refractivity contribution in [1.82, 2.24) is 0 Å². The highest BCUT2D eigenvalue weighted by molar-refractivity contribution is 5.23. The van der Waals surface area contributed by atoms with Crippen LogP contribution in [0.4, 0.5) is 0 Å². The van der Waals surface area contributed by atoms with E-state index in [2.05, 4.69) is 90.1 Å². The normalized spacial score (nSPS) is 7.74. The maximum atomic E-state index is 2.12.